The molecular weight excluding hydrogens is 324 g/mol. The maximum Gasteiger partial charge on any atom is 0.244 e. The van der Waals surface area contributed by atoms with Gasteiger partial charge in [-0.1, -0.05) is 17.3 Å². The van der Waals surface area contributed by atoms with Crippen LogP contribution in [0.4, 0.5) is 0 Å². The molecule has 1 aromatic heterocycles. The summed E-state index contributed by atoms with van der Waals surface area (Å²) < 4.78 is 1.53. The fraction of sp³-hybridized carbons (Fsp3) is 0.438. The molecule has 132 valence electrons. The van der Waals surface area contributed by atoms with Gasteiger partial charge in [0.1, 0.15) is 12.1 Å². The monoisotopic (exact) mass is 344 g/mol. The molecule has 2 heterocycles. The Hall–Kier alpha value is -2.97. The number of para-hydroxylation sites is 1. The topological polar surface area (TPSA) is 114 Å². The van der Waals surface area contributed by atoms with Crippen LogP contribution in [0.5, 0.6) is 0 Å². The summed E-state index contributed by atoms with van der Waals surface area (Å²) in [5, 5.41) is 8.04. The minimum atomic E-state index is -0.581. The smallest absolute Gasteiger partial charge is 0.244 e. The van der Waals surface area contributed by atoms with E-state index < -0.39 is 11.8 Å². The van der Waals surface area contributed by atoms with Crippen molar-refractivity contribution in [2.75, 3.05) is 26.2 Å². The van der Waals surface area contributed by atoms with E-state index in [1.165, 1.54) is 11.6 Å². The number of benzene rings is 1. The summed E-state index contributed by atoms with van der Waals surface area (Å²) in [5.41, 5.74) is 6.91. The second-order valence-electron chi connectivity index (χ2n) is 6.14. The number of hydrogen-bond acceptors (Lipinski definition) is 5. The third-order valence-corrected chi connectivity index (χ3v) is 4.43. The van der Waals surface area contributed by atoms with Crippen molar-refractivity contribution in [1.82, 2.24) is 24.8 Å². The Balaban J connectivity index is 1.76. The summed E-state index contributed by atoms with van der Waals surface area (Å²) in [7, 11) is 0. The van der Waals surface area contributed by atoms with Gasteiger partial charge in [0.25, 0.3) is 0 Å². The normalized spacial score (nSPS) is 18.2. The first-order chi connectivity index (χ1) is 12.0. The fourth-order valence-electron chi connectivity index (χ4n) is 2.97. The van der Waals surface area contributed by atoms with Crippen LogP contribution in [0.15, 0.2) is 24.3 Å². The van der Waals surface area contributed by atoms with Gasteiger partial charge in [0, 0.05) is 33.1 Å². The molecule has 2 N–H and O–H groups in total. The number of nitrogens with zero attached hydrogens (tertiary/aromatic N) is 5. The molecule has 0 bridgehead atoms. The van der Waals surface area contributed by atoms with Crippen LogP contribution < -0.4 is 5.73 Å². The molecule has 1 unspecified atom stereocenters. The highest BCUT2D eigenvalue weighted by Crippen LogP contribution is 2.13. The molecule has 1 aliphatic rings. The van der Waals surface area contributed by atoms with Gasteiger partial charge in [0.05, 0.1) is 11.4 Å². The number of rotatable bonds is 3. The van der Waals surface area contributed by atoms with Crippen molar-refractivity contribution in [1.29, 1.82) is 0 Å². The Morgan fingerprint density at radius 3 is 2.56 bits per heavy atom. The third kappa shape index (κ3) is 3.59. The van der Waals surface area contributed by atoms with E-state index in [4.69, 9.17) is 5.73 Å². The lowest BCUT2D eigenvalue weighted by molar-refractivity contribution is -0.133. The standard InChI is InChI=1S/C16H20N6O3/c1-11(23)20-6-7-21(9-12(8-20)16(17)25)15(24)10-22-14-5-3-2-4-13(14)18-19-22/h2-5,12H,6-10H2,1H3,(H2,17,25). The second kappa shape index (κ2) is 6.88. The highest BCUT2D eigenvalue weighted by molar-refractivity contribution is 5.82. The van der Waals surface area contributed by atoms with Gasteiger partial charge in [-0.3, -0.25) is 14.4 Å². The molecule has 0 aliphatic carbocycles. The van der Waals surface area contributed by atoms with Crippen molar-refractivity contribution in [2.45, 2.75) is 13.5 Å². The summed E-state index contributed by atoms with van der Waals surface area (Å²) >= 11 is 0. The second-order valence-corrected chi connectivity index (χ2v) is 6.14. The molecule has 3 rings (SSSR count). The molecule has 3 amide bonds. The van der Waals surface area contributed by atoms with Crippen molar-refractivity contribution < 1.29 is 14.4 Å². The fourth-order valence-corrected chi connectivity index (χ4v) is 2.97. The molecule has 1 aliphatic heterocycles. The zero-order valence-electron chi connectivity index (χ0n) is 14.0. The van der Waals surface area contributed by atoms with Crippen molar-refractivity contribution in [2.24, 2.45) is 11.7 Å². The Labute approximate surface area is 144 Å². The van der Waals surface area contributed by atoms with Gasteiger partial charge in [0.2, 0.25) is 17.7 Å². The molecule has 9 heteroatoms. The summed E-state index contributed by atoms with van der Waals surface area (Å²) in [4.78, 5) is 39.1. The number of carbonyl (C=O) groups excluding carboxylic acids is 3. The van der Waals surface area contributed by atoms with Crippen LogP contribution in [0.3, 0.4) is 0 Å². The maximum atomic E-state index is 12.7. The SMILES string of the molecule is CC(=O)N1CCN(C(=O)Cn2nnc3ccccc32)CC(C(N)=O)C1. The lowest BCUT2D eigenvalue weighted by Gasteiger charge is -2.22. The van der Waals surface area contributed by atoms with E-state index in [2.05, 4.69) is 10.3 Å². The zero-order chi connectivity index (χ0) is 18.0. The van der Waals surface area contributed by atoms with Crippen LogP contribution in [0.2, 0.25) is 0 Å². The van der Waals surface area contributed by atoms with E-state index in [9.17, 15) is 14.4 Å². The van der Waals surface area contributed by atoms with Crippen LogP contribution in [0, 0.1) is 5.92 Å². The highest BCUT2D eigenvalue weighted by atomic mass is 16.2. The molecule has 0 spiro atoms. The summed E-state index contributed by atoms with van der Waals surface area (Å²) in [5.74, 6) is -1.42. The van der Waals surface area contributed by atoms with E-state index in [-0.39, 0.29) is 31.4 Å². The maximum absolute atomic E-state index is 12.7. The lowest BCUT2D eigenvalue weighted by Crippen LogP contribution is -2.41. The third-order valence-electron chi connectivity index (χ3n) is 4.43. The van der Waals surface area contributed by atoms with E-state index in [0.717, 1.165) is 5.52 Å². The lowest BCUT2D eigenvalue weighted by atomic mass is 10.1. The molecule has 9 nitrogen and oxygen atoms in total. The molecule has 0 saturated carbocycles. The number of fused-ring (bicyclic) bond motifs is 1. The first-order valence-corrected chi connectivity index (χ1v) is 8.06. The average molecular weight is 344 g/mol. The number of amides is 3. The van der Waals surface area contributed by atoms with Gasteiger partial charge in [-0.25, -0.2) is 4.68 Å². The molecule has 1 atom stereocenters. The average Bonchev–Trinajstić information content (AvgIpc) is 2.83. The van der Waals surface area contributed by atoms with Crippen molar-refractivity contribution in [3.05, 3.63) is 24.3 Å². The Kier molecular flexibility index (Phi) is 4.64. The number of nitrogens with two attached hydrogens (primary N) is 1. The van der Waals surface area contributed by atoms with Crippen molar-refractivity contribution in [3.8, 4) is 0 Å². The van der Waals surface area contributed by atoms with Gasteiger partial charge in [-0.15, -0.1) is 5.10 Å². The number of aromatic nitrogens is 3. The predicted octanol–water partition coefficient (Wildman–Crippen LogP) is -0.776. The number of hydrogen-bond donors (Lipinski definition) is 1. The predicted molar refractivity (Wildman–Crippen MR) is 89.0 cm³/mol. The van der Waals surface area contributed by atoms with Crippen molar-refractivity contribution >= 4 is 28.8 Å². The summed E-state index contributed by atoms with van der Waals surface area (Å²) in [6, 6.07) is 7.37. The van der Waals surface area contributed by atoms with Crippen LogP contribution >= 0.6 is 0 Å². The van der Waals surface area contributed by atoms with E-state index in [0.29, 0.717) is 18.6 Å². The minimum absolute atomic E-state index is 0.0199. The first-order valence-electron chi connectivity index (χ1n) is 8.06. The van der Waals surface area contributed by atoms with Gasteiger partial charge >= 0.3 is 0 Å². The Morgan fingerprint density at radius 2 is 1.84 bits per heavy atom. The van der Waals surface area contributed by atoms with E-state index in [1.54, 1.807) is 9.80 Å². The van der Waals surface area contributed by atoms with E-state index >= 15 is 0 Å². The first kappa shape index (κ1) is 16.9. The summed E-state index contributed by atoms with van der Waals surface area (Å²) in [6.45, 7) is 2.63. The van der Waals surface area contributed by atoms with Gasteiger partial charge in [-0.2, -0.15) is 0 Å². The molecule has 1 aromatic carbocycles. The van der Waals surface area contributed by atoms with Crippen LogP contribution in [-0.4, -0.2) is 68.7 Å². The molecule has 25 heavy (non-hydrogen) atoms. The summed E-state index contributed by atoms with van der Waals surface area (Å²) in [6.07, 6.45) is 0. The minimum Gasteiger partial charge on any atom is -0.369 e. The van der Waals surface area contributed by atoms with E-state index in [1.807, 2.05) is 24.3 Å². The molecule has 2 aromatic rings. The van der Waals surface area contributed by atoms with Gasteiger partial charge < -0.3 is 15.5 Å². The molecule has 0 radical (unpaired) electrons. The Morgan fingerprint density at radius 1 is 1.16 bits per heavy atom. The quantitative estimate of drug-likeness (QED) is 0.785. The van der Waals surface area contributed by atoms with Crippen LogP contribution in [0.25, 0.3) is 11.0 Å². The molecule has 1 fully saturated rings. The van der Waals surface area contributed by atoms with Gasteiger partial charge in [0.15, 0.2) is 0 Å². The molecule has 1 saturated heterocycles. The Bertz CT molecular complexity index is 817. The van der Waals surface area contributed by atoms with Crippen LogP contribution in [0.1, 0.15) is 6.92 Å². The largest absolute Gasteiger partial charge is 0.369 e. The zero-order valence-corrected chi connectivity index (χ0v) is 14.0. The van der Waals surface area contributed by atoms with Gasteiger partial charge in [-0.05, 0) is 12.1 Å². The number of primary amides is 1. The van der Waals surface area contributed by atoms with Crippen molar-refractivity contribution in [3.63, 3.8) is 0 Å². The highest BCUT2D eigenvalue weighted by Gasteiger charge is 2.30. The van der Waals surface area contributed by atoms with Crippen LogP contribution in [-0.2, 0) is 20.9 Å². The number of carbonyl (C=O) groups is 3. The molecular formula is C16H20N6O3.